The number of carboxylic acid groups (broad SMARTS) is 2. The van der Waals surface area contributed by atoms with Gasteiger partial charge >= 0.3 is 19.5 Å². The van der Waals surface area contributed by atoms with Gasteiger partial charge in [-0.05, 0) is 6.92 Å². The van der Waals surface area contributed by atoms with E-state index in [0.29, 0.717) is 6.92 Å². The smallest absolute Gasteiger partial charge is 0.547 e. The van der Waals surface area contributed by atoms with Crippen molar-refractivity contribution in [3.8, 4) is 0 Å². The Kier molecular flexibility index (Phi) is 11.5. The third-order valence-corrected chi connectivity index (χ3v) is 0.832. The van der Waals surface area contributed by atoms with Crippen molar-refractivity contribution in [2.75, 3.05) is 6.61 Å². The fourth-order valence-electron chi connectivity index (χ4n) is 0.0745. The minimum absolute atomic E-state index is 0. The molecule has 15 heavy (non-hydrogen) atoms. The summed E-state index contributed by atoms with van der Waals surface area (Å²) in [5, 5.41) is 50.7. The molecule has 0 amide bonds. The first-order valence-corrected chi connectivity index (χ1v) is 3.29. The number of hydrogen-bond donors (Lipinski definition) is 4. The summed E-state index contributed by atoms with van der Waals surface area (Å²) >= 11 is 0. The summed E-state index contributed by atoms with van der Waals surface area (Å²) < 4.78 is 0. The molecule has 4 N–H and O–H groups in total. The van der Waals surface area contributed by atoms with Crippen molar-refractivity contribution in [1.82, 2.24) is 0 Å². The average Bonchev–Trinajstić information content (AvgIpc) is 2.02. The third-order valence-electron chi connectivity index (χ3n) is 0.832. The first-order chi connectivity index (χ1) is 6.12. The molecule has 0 saturated carbocycles. The quantitative estimate of drug-likeness (QED) is 0.293. The first-order valence-electron chi connectivity index (χ1n) is 3.29. The summed E-state index contributed by atoms with van der Waals surface area (Å²) in [4.78, 5) is 18.8. The van der Waals surface area contributed by atoms with E-state index in [9.17, 15) is 19.8 Å². The van der Waals surface area contributed by atoms with E-state index >= 15 is 0 Å². The van der Waals surface area contributed by atoms with Crippen molar-refractivity contribution in [3.63, 3.8) is 0 Å². The summed E-state index contributed by atoms with van der Waals surface area (Å²) in [6.07, 6.45) is -1.74. The molecule has 84 valence electrons. The maximum atomic E-state index is 9.41. The molecule has 0 aliphatic rings. The summed E-state index contributed by atoms with van der Waals surface area (Å²) in [7, 11) is 0. The largest absolute Gasteiger partial charge is 2.00 e. The predicted molar refractivity (Wildman–Crippen MR) is 35.9 cm³/mol. The number of carboxylic acids is 2. The fourth-order valence-corrected chi connectivity index (χ4v) is 0.0745. The van der Waals surface area contributed by atoms with Gasteiger partial charge in [0.25, 0.3) is 0 Å². The van der Waals surface area contributed by atoms with Gasteiger partial charge in [-0.1, -0.05) is 0 Å². The number of aliphatic hydroxyl groups is 4. The zero-order chi connectivity index (χ0) is 11.9. The van der Waals surface area contributed by atoms with Gasteiger partial charge in [0.05, 0.1) is 18.5 Å². The van der Waals surface area contributed by atoms with Crippen LogP contribution in [0.25, 0.3) is 0 Å². The molecule has 0 aromatic heterocycles. The number of carbonyl (C=O) groups excluding carboxylic acids is 2. The number of carbonyl (C=O) groups is 2. The van der Waals surface area contributed by atoms with E-state index in [4.69, 9.17) is 20.4 Å². The standard InChI is InChI=1S/2C3H6O4.Zn/c1-3(6,7)2(4)5;4-1-2(5)3(6)7;/h6-7H,1H3,(H,4,5);2,4-5H,1H2,(H,6,7);/q;;+2/p-2. The van der Waals surface area contributed by atoms with E-state index in [1.165, 1.54) is 0 Å². The van der Waals surface area contributed by atoms with Gasteiger partial charge in [-0.15, -0.1) is 0 Å². The second-order valence-electron chi connectivity index (χ2n) is 2.33. The van der Waals surface area contributed by atoms with Crippen LogP contribution >= 0.6 is 0 Å². The van der Waals surface area contributed by atoms with Crippen LogP contribution in [0.2, 0.25) is 0 Å². The molecule has 0 spiro atoms. The molecule has 0 radical (unpaired) electrons. The maximum Gasteiger partial charge on any atom is 2.00 e. The molecule has 0 aliphatic heterocycles. The summed E-state index contributed by atoms with van der Waals surface area (Å²) in [6, 6.07) is 0. The number of aliphatic hydroxyl groups excluding tert-OH is 2. The van der Waals surface area contributed by atoms with Crippen LogP contribution in [0.4, 0.5) is 0 Å². The Balaban J connectivity index is -0.000000180. The van der Waals surface area contributed by atoms with Crippen LogP contribution in [0, 0.1) is 0 Å². The number of rotatable bonds is 3. The fraction of sp³-hybridized carbons (Fsp3) is 0.667. The van der Waals surface area contributed by atoms with E-state index in [0.717, 1.165) is 0 Å². The minimum atomic E-state index is -2.69. The van der Waals surface area contributed by atoms with E-state index in [-0.39, 0.29) is 19.5 Å². The molecule has 0 aromatic rings. The van der Waals surface area contributed by atoms with Crippen LogP contribution in [0.5, 0.6) is 0 Å². The molecule has 0 rings (SSSR count). The zero-order valence-corrected chi connectivity index (χ0v) is 10.9. The molecule has 9 heteroatoms. The Bertz CT molecular complexity index is 198. The van der Waals surface area contributed by atoms with Crippen molar-refractivity contribution in [3.05, 3.63) is 0 Å². The third kappa shape index (κ3) is 13.4. The van der Waals surface area contributed by atoms with Crippen LogP contribution in [-0.4, -0.2) is 50.9 Å². The van der Waals surface area contributed by atoms with Gasteiger partial charge in [-0.2, -0.15) is 0 Å². The van der Waals surface area contributed by atoms with Gasteiger partial charge in [-0.25, -0.2) is 0 Å². The summed E-state index contributed by atoms with van der Waals surface area (Å²) in [5.74, 6) is -6.24. The second-order valence-corrected chi connectivity index (χ2v) is 2.33. The van der Waals surface area contributed by atoms with E-state index in [1.807, 2.05) is 0 Å². The van der Waals surface area contributed by atoms with Gasteiger partial charge in [0.2, 0.25) is 5.79 Å². The Hall–Kier alpha value is -0.597. The summed E-state index contributed by atoms with van der Waals surface area (Å²) in [5.41, 5.74) is 0. The molecule has 1 unspecified atom stereocenters. The SMILES string of the molecule is CC(O)(O)C(=O)[O-].O=C([O-])C(O)CO.[Zn+2]. The normalized spacial score (nSPS) is 11.5. The van der Waals surface area contributed by atoms with Crippen molar-refractivity contribution < 1.29 is 59.7 Å². The van der Waals surface area contributed by atoms with E-state index in [2.05, 4.69) is 0 Å². The predicted octanol–water partition coefficient (Wildman–Crippen LogP) is -5.48. The molecular weight excluding hydrogens is 265 g/mol. The summed E-state index contributed by atoms with van der Waals surface area (Å²) in [6.45, 7) is -0.0787. The Morgan fingerprint density at radius 2 is 1.60 bits per heavy atom. The zero-order valence-electron chi connectivity index (χ0n) is 7.91. The molecule has 0 fully saturated rings. The van der Waals surface area contributed by atoms with Crippen LogP contribution in [-0.2, 0) is 29.1 Å². The average molecular weight is 276 g/mol. The molecule has 8 nitrogen and oxygen atoms in total. The van der Waals surface area contributed by atoms with Crippen molar-refractivity contribution in [2.45, 2.75) is 18.8 Å². The Morgan fingerprint density at radius 1 is 1.33 bits per heavy atom. The van der Waals surface area contributed by atoms with Crippen LogP contribution in [0.1, 0.15) is 6.92 Å². The number of aliphatic carboxylic acids is 2. The Labute approximate surface area is 97.5 Å². The molecule has 0 aromatic carbocycles. The van der Waals surface area contributed by atoms with Crippen molar-refractivity contribution in [2.24, 2.45) is 0 Å². The first kappa shape index (κ1) is 19.9. The Morgan fingerprint density at radius 3 is 1.60 bits per heavy atom. The molecule has 0 bridgehead atoms. The van der Waals surface area contributed by atoms with Crippen LogP contribution < -0.4 is 10.2 Å². The van der Waals surface area contributed by atoms with Gasteiger partial charge in [-0.3, -0.25) is 0 Å². The van der Waals surface area contributed by atoms with E-state index in [1.54, 1.807) is 0 Å². The monoisotopic (exact) mass is 274 g/mol. The van der Waals surface area contributed by atoms with Crippen LogP contribution in [0.15, 0.2) is 0 Å². The molecule has 0 saturated heterocycles. The number of hydrogen-bond acceptors (Lipinski definition) is 8. The second kappa shape index (κ2) is 8.69. The van der Waals surface area contributed by atoms with Crippen LogP contribution in [0.3, 0.4) is 0 Å². The maximum absolute atomic E-state index is 9.41. The minimum Gasteiger partial charge on any atom is -0.547 e. The van der Waals surface area contributed by atoms with Gasteiger partial charge in [0.15, 0.2) is 0 Å². The molecule has 0 aliphatic carbocycles. The molecular formula is C6H10O8Zn. The van der Waals surface area contributed by atoms with E-state index < -0.39 is 30.4 Å². The molecule has 0 heterocycles. The molecule has 1 atom stereocenters. The van der Waals surface area contributed by atoms with Crippen molar-refractivity contribution >= 4 is 11.9 Å². The van der Waals surface area contributed by atoms with Gasteiger partial charge in [0.1, 0.15) is 6.10 Å². The topological polar surface area (TPSA) is 161 Å². The van der Waals surface area contributed by atoms with Crippen molar-refractivity contribution in [1.29, 1.82) is 0 Å². The van der Waals surface area contributed by atoms with Gasteiger partial charge < -0.3 is 40.2 Å². The van der Waals surface area contributed by atoms with Gasteiger partial charge in [0, 0.05) is 0 Å².